The number of halogens is 1. The van der Waals surface area contributed by atoms with Gasteiger partial charge >= 0.3 is 0 Å². The molecule has 4 nitrogen and oxygen atoms in total. The second kappa shape index (κ2) is 3.61. The molecule has 0 aliphatic carbocycles. The molecule has 1 aromatic heterocycles. The number of fused-ring (bicyclic) bond motifs is 1. The zero-order valence-electron chi connectivity index (χ0n) is 7.68. The van der Waals surface area contributed by atoms with Gasteiger partial charge in [0.05, 0.1) is 11.1 Å². The van der Waals surface area contributed by atoms with Gasteiger partial charge in [-0.15, -0.1) is 0 Å². The van der Waals surface area contributed by atoms with Crippen molar-refractivity contribution in [1.82, 2.24) is 4.98 Å². The highest BCUT2D eigenvalue weighted by atomic mass is 19.1. The Balaban J connectivity index is 2.65. The summed E-state index contributed by atoms with van der Waals surface area (Å²) >= 11 is 0. The van der Waals surface area contributed by atoms with Crippen molar-refractivity contribution in [3.05, 3.63) is 52.0 Å². The van der Waals surface area contributed by atoms with Crippen LogP contribution in [0, 0.1) is 15.9 Å². The Morgan fingerprint density at radius 3 is 3.00 bits per heavy atom. The van der Waals surface area contributed by atoms with E-state index in [0.717, 1.165) is 6.07 Å². The van der Waals surface area contributed by atoms with Crippen LogP contribution in [0.25, 0.3) is 10.9 Å². The molecule has 2 rings (SSSR count). The summed E-state index contributed by atoms with van der Waals surface area (Å²) in [6.45, 7) is -0.411. The Bertz CT molecular complexity index is 528. The van der Waals surface area contributed by atoms with Crippen LogP contribution in [0.3, 0.4) is 0 Å². The van der Waals surface area contributed by atoms with Gasteiger partial charge in [-0.25, -0.2) is 4.39 Å². The maximum atomic E-state index is 13.1. The number of hydrogen-bond acceptors (Lipinski definition) is 3. The summed E-state index contributed by atoms with van der Waals surface area (Å²) < 4.78 is 13.1. The Kier molecular flexibility index (Phi) is 2.29. The largest absolute Gasteiger partial charge is 0.264 e. The number of nitrogens with zero attached hydrogens (tertiary/aromatic N) is 2. The highest BCUT2D eigenvalue weighted by Gasteiger charge is 2.09. The number of hydrogen-bond donors (Lipinski definition) is 0. The maximum absolute atomic E-state index is 13.1. The minimum Gasteiger partial charge on any atom is -0.264 e. The molecule has 0 fully saturated rings. The summed E-state index contributed by atoms with van der Waals surface area (Å²) in [6, 6.07) is 5.80. The van der Waals surface area contributed by atoms with Gasteiger partial charge in [0.1, 0.15) is 5.82 Å². The molecule has 76 valence electrons. The second-order valence-electron chi connectivity index (χ2n) is 3.13. The lowest BCUT2D eigenvalue weighted by molar-refractivity contribution is -0.496. The Morgan fingerprint density at radius 1 is 1.47 bits per heavy atom. The molecule has 0 spiro atoms. The summed E-state index contributed by atoms with van der Waals surface area (Å²) in [7, 11) is 0. The van der Waals surface area contributed by atoms with Crippen molar-refractivity contribution in [3.63, 3.8) is 0 Å². The molecule has 1 heterocycles. The molecule has 0 N–H and O–H groups in total. The fourth-order valence-corrected chi connectivity index (χ4v) is 1.49. The Labute approximate surface area is 84.5 Å². The van der Waals surface area contributed by atoms with Crippen molar-refractivity contribution < 1.29 is 9.31 Å². The Hall–Kier alpha value is -2.04. The summed E-state index contributed by atoms with van der Waals surface area (Å²) in [6.07, 6.45) is 1.53. The molecule has 0 saturated carbocycles. The minimum atomic E-state index is -0.497. The molecular weight excluding hydrogens is 199 g/mol. The molecule has 0 bridgehead atoms. The fraction of sp³-hybridized carbons (Fsp3) is 0.100. The smallest absolute Gasteiger partial charge is 0.231 e. The first-order valence-electron chi connectivity index (χ1n) is 4.32. The topological polar surface area (TPSA) is 56.0 Å². The van der Waals surface area contributed by atoms with E-state index < -0.39 is 17.3 Å². The van der Waals surface area contributed by atoms with Crippen molar-refractivity contribution >= 4 is 10.9 Å². The van der Waals surface area contributed by atoms with Crippen LogP contribution < -0.4 is 0 Å². The van der Waals surface area contributed by atoms with E-state index in [2.05, 4.69) is 4.98 Å². The predicted molar refractivity (Wildman–Crippen MR) is 52.4 cm³/mol. The summed E-state index contributed by atoms with van der Waals surface area (Å²) in [5.41, 5.74) is 0.784. The van der Waals surface area contributed by atoms with E-state index in [9.17, 15) is 14.5 Å². The van der Waals surface area contributed by atoms with Gasteiger partial charge in [-0.1, -0.05) is 6.07 Å². The molecule has 0 aliphatic heterocycles. The van der Waals surface area contributed by atoms with Gasteiger partial charge in [0.15, 0.2) is 0 Å². The first-order valence-corrected chi connectivity index (χ1v) is 4.32. The van der Waals surface area contributed by atoms with Crippen molar-refractivity contribution in [2.24, 2.45) is 0 Å². The number of benzene rings is 1. The molecule has 0 amide bonds. The molecular formula is C10H7FN2O2. The van der Waals surface area contributed by atoms with Crippen molar-refractivity contribution in [1.29, 1.82) is 0 Å². The van der Waals surface area contributed by atoms with Crippen LogP contribution in [0.2, 0.25) is 0 Å². The third-order valence-corrected chi connectivity index (χ3v) is 2.05. The summed E-state index contributed by atoms with van der Waals surface area (Å²) in [5, 5.41) is 11.0. The molecule has 1 aromatic carbocycles. The van der Waals surface area contributed by atoms with Crippen LogP contribution in [-0.4, -0.2) is 9.91 Å². The van der Waals surface area contributed by atoms with E-state index in [1.54, 1.807) is 12.1 Å². The number of nitro groups is 1. The Morgan fingerprint density at radius 2 is 2.27 bits per heavy atom. The monoisotopic (exact) mass is 206 g/mol. The van der Waals surface area contributed by atoms with Crippen LogP contribution in [-0.2, 0) is 6.54 Å². The van der Waals surface area contributed by atoms with E-state index >= 15 is 0 Å². The zero-order chi connectivity index (χ0) is 10.8. The fourth-order valence-electron chi connectivity index (χ4n) is 1.49. The summed E-state index contributed by atoms with van der Waals surface area (Å²) in [5.74, 6) is -0.479. The third-order valence-electron chi connectivity index (χ3n) is 2.05. The van der Waals surface area contributed by atoms with Crippen LogP contribution in [0.5, 0.6) is 0 Å². The molecule has 0 unspecified atom stereocenters. The third kappa shape index (κ3) is 1.90. The predicted octanol–water partition coefficient (Wildman–Crippen LogP) is 2.15. The number of pyridine rings is 1. The quantitative estimate of drug-likeness (QED) is 0.558. The SMILES string of the molecule is O=[N+]([O-])Cc1cc(F)cc2cccnc12. The van der Waals surface area contributed by atoms with E-state index in [0.29, 0.717) is 16.5 Å². The van der Waals surface area contributed by atoms with Gasteiger partial charge < -0.3 is 0 Å². The zero-order valence-corrected chi connectivity index (χ0v) is 7.68. The van der Waals surface area contributed by atoms with Crippen LogP contribution in [0.15, 0.2) is 30.5 Å². The van der Waals surface area contributed by atoms with Crippen molar-refractivity contribution in [2.45, 2.75) is 6.54 Å². The van der Waals surface area contributed by atoms with Gasteiger partial charge in [0.2, 0.25) is 6.54 Å². The number of rotatable bonds is 2. The molecule has 0 aliphatic rings. The lowest BCUT2D eigenvalue weighted by atomic mass is 10.1. The van der Waals surface area contributed by atoms with Crippen LogP contribution in [0.4, 0.5) is 4.39 Å². The van der Waals surface area contributed by atoms with E-state index in [1.165, 1.54) is 12.3 Å². The first kappa shape index (κ1) is 9.51. The highest BCUT2D eigenvalue weighted by Crippen LogP contribution is 2.18. The van der Waals surface area contributed by atoms with Crippen molar-refractivity contribution in [3.8, 4) is 0 Å². The normalized spacial score (nSPS) is 10.5. The molecule has 5 heteroatoms. The van der Waals surface area contributed by atoms with Crippen molar-refractivity contribution in [2.75, 3.05) is 0 Å². The lowest BCUT2D eigenvalue weighted by Gasteiger charge is -2.01. The summed E-state index contributed by atoms with van der Waals surface area (Å²) in [4.78, 5) is 13.9. The molecule has 0 radical (unpaired) electrons. The van der Waals surface area contributed by atoms with E-state index in [1.807, 2.05) is 0 Å². The average molecular weight is 206 g/mol. The van der Waals surface area contributed by atoms with Crippen LogP contribution in [0.1, 0.15) is 5.56 Å². The van der Waals surface area contributed by atoms with Gasteiger partial charge in [-0.3, -0.25) is 15.1 Å². The van der Waals surface area contributed by atoms with Gasteiger partial charge in [-0.05, 0) is 18.2 Å². The molecule has 2 aromatic rings. The van der Waals surface area contributed by atoms with E-state index in [-0.39, 0.29) is 0 Å². The highest BCUT2D eigenvalue weighted by molar-refractivity contribution is 5.81. The standard InChI is InChI=1S/C10H7FN2O2/c11-9-4-7-2-1-3-12-10(7)8(5-9)6-13(14)15/h1-5H,6H2. The lowest BCUT2D eigenvalue weighted by Crippen LogP contribution is -2.00. The van der Waals surface area contributed by atoms with Gasteiger partial charge in [-0.2, -0.15) is 0 Å². The molecule has 0 atom stereocenters. The number of aromatic nitrogens is 1. The minimum absolute atomic E-state index is 0.301. The second-order valence-corrected chi connectivity index (χ2v) is 3.13. The van der Waals surface area contributed by atoms with Gasteiger partial charge in [0, 0.05) is 16.5 Å². The van der Waals surface area contributed by atoms with Gasteiger partial charge in [0.25, 0.3) is 0 Å². The molecule has 15 heavy (non-hydrogen) atoms. The first-order chi connectivity index (χ1) is 7.16. The molecule has 0 saturated heterocycles. The average Bonchev–Trinajstić information content (AvgIpc) is 2.16. The van der Waals surface area contributed by atoms with E-state index in [4.69, 9.17) is 0 Å². The van der Waals surface area contributed by atoms with Crippen LogP contribution >= 0.6 is 0 Å². The maximum Gasteiger partial charge on any atom is 0.231 e.